The molecule has 0 spiro atoms. The van der Waals surface area contributed by atoms with Crippen molar-refractivity contribution < 1.29 is 4.79 Å². The number of halogens is 1. The highest BCUT2D eigenvalue weighted by atomic mass is 79.9. The maximum absolute atomic E-state index is 12.8. The molecule has 1 amide bonds. The number of piperazine rings is 3. The van der Waals surface area contributed by atoms with E-state index >= 15 is 0 Å². The zero-order valence-electron chi connectivity index (χ0n) is 14.8. The summed E-state index contributed by atoms with van der Waals surface area (Å²) in [6, 6.07) is 2.47. The summed E-state index contributed by atoms with van der Waals surface area (Å²) in [5.74, 6) is 0.0378. The quantitative estimate of drug-likeness (QED) is 0.646. The molecular weight excluding hydrogens is 428 g/mol. The maximum Gasteiger partial charge on any atom is 0.244 e. The first-order valence-corrected chi connectivity index (χ1v) is 10.6. The van der Waals surface area contributed by atoms with Crippen molar-refractivity contribution in [3.63, 3.8) is 0 Å². The van der Waals surface area contributed by atoms with Crippen LogP contribution < -0.4 is 5.32 Å². The van der Waals surface area contributed by atoms with E-state index in [0.29, 0.717) is 11.2 Å². The lowest BCUT2D eigenvalue weighted by molar-refractivity contribution is -0.128. The smallest absolute Gasteiger partial charge is 0.244 e. The number of pyridine rings is 1. The van der Waals surface area contributed by atoms with Crippen LogP contribution in [0.5, 0.6) is 0 Å². The SMILES string of the molecule is CC1CN2CCN1CC2C(=O)Nc1nc(-c2c[nH]c3ncc(Br)cc23)cs1. The zero-order valence-corrected chi connectivity index (χ0v) is 17.2. The highest BCUT2D eigenvalue weighted by Gasteiger charge is 2.39. The first-order chi connectivity index (χ1) is 13.1. The van der Waals surface area contributed by atoms with E-state index in [9.17, 15) is 4.79 Å². The summed E-state index contributed by atoms with van der Waals surface area (Å²) in [6.07, 6.45) is 3.67. The Morgan fingerprint density at radius 1 is 1.37 bits per heavy atom. The number of carbonyl (C=O) groups excluding carboxylic acids is 1. The van der Waals surface area contributed by atoms with Gasteiger partial charge >= 0.3 is 0 Å². The summed E-state index contributed by atoms with van der Waals surface area (Å²) in [5, 5.41) is 6.63. The molecule has 0 aromatic carbocycles. The van der Waals surface area contributed by atoms with Crippen molar-refractivity contribution in [2.75, 3.05) is 31.5 Å². The Bertz CT molecular complexity index is 1020. The largest absolute Gasteiger partial charge is 0.345 e. The van der Waals surface area contributed by atoms with Crippen molar-refractivity contribution >= 4 is 49.3 Å². The summed E-state index contributed by atoms with van der Waals surface area (Å²) in [5.41, 5.74) is 2.64. The van der Waals surface area contributed by atoms with E-state index in [2.05, 4.69) is 52.9 Å². The highest BCUT2D eigenvalue weighted by molar-refractivity contribution is 9.10. The number of carbonyl (C=O) groups is 1. The molecule has 3 aliphatic rings. The Morgan fingerprint density at radius 2 is 2.22 bits per heavy atom. The van der Waals surface area contributed by atoms with Gasteiger partial charge in [-0.3, -0.25) is 14.6 Å². The minimum atomic E-state index is -0.0875. The van der Waals surface area contributed by atoms with Crippen molar-refractivity contribution in [2.45, 2.75) is 19.0 Å². The number of H-pyrrole nitrogens is 1. The minimum absolute atomic E-state index is 0.0378. The lowest BCUT2D eigenvalue weighted by atomic mass is 10.0. The number of anilines is 1. The van der Waals surface area contributed by atoms with Crippen LogP contribution >= 0.6 is 27.3 Å². The van der Waals surface area contributed by atoms with Gasteiger partial charge < -0.3 is 10.3 Å². The molecule has 140 valence electrons. The van der Waals surface area contributed by atoms with E-state index in [1.54, 1.807) is 6.20 Å². The van der Waals surface area contributed by atoms with Gasteiger partial charge in [0.15, 0.2) is 5.13 Å². The van der Waals surface area contributed by atoms with Crippen LogP contribution in [-0.2, 0) is 4.79 Å². The van der Waals surface area contributed by atoms with Crippen molar-refractivity contribution in [1.82, 2.24) is 24.8 Å². The van der Waals surface area contributed by atoms with Gasteiger partial charge in [-0.25, -0.2) is 9.97 Å². The zero-order chi connectivity index (χ0) is 18.5. The van der Waals surface area contributed by atoms with E-state index in [1.807, 2.05) is 17.6 Å². The third-order valence-electron chi connectivity index (χ3n) is 5.46. The Hall–Kier alpha value is -1.81. The fourth-order valence-corrected chi connectivity index (χ4v) is 5.04. The standard InChI is InChI=1S/C18H19BrN6OS/c1-10-7-25-3-2-24(10)8-15(25)17(26)23-18-22-14(9-27-18)13-6-21-16-12(13)4-11(19)5-20-16/h4-6,9-10,15H,2-3,7-8H2,1H3,(H,20,21)(H,22,23,26). The molecule has 3 aliphatic heterocycles. The Labute approximate surface area is 168 Å². The number of rotatable bonds is 3. The highest BCUT2D eigenvalue weighted by Crippen LogP contribution is 2.32. The molecule has 2 bridgehead atoms. The molecule has 3 saturated heterocycles. The maximum atomic E-state index is 12.8. The molecule has 9 heteroatoms. The summed E-state index contributed by atoms with van der Waals surface area (Å²) in [6.45, 7) is 5.99. The van der Waals surface area contributed by atoms with E-state index in [0.717, 1.165) is 52.9 Å². The number of amides is 1. The molecule has 3 aromatic heterocycles. The molecule has 4 unspecified atom stereocenters. The van der Waals surface area contributed by atoms with Crippen molar-refractivity contribution in [1.29, 1.82) is 0 Å². The van der Waals surface area contributed by atoms with Crippen molar-refractivity contribution in [3.8, 4) is 11.3 Å². The van der Waals surface area contributed by atoms with E-state index in [4.69, 9.17) is 0 Å². The topological polar surface area (TPSA) is 77.1 Å². The van der Waals surface area contributed by atoms with Crippen molar-refractivity contribution in [2.24, 2.45) is 0 Å². The first-order valence-electron chi connectivity index (χ1n) is 8.96. The third kappa shape index (κ3) is 3.08. The molecule has 3 aromatic rings. The van der Waals surface area contributed by atoms with Crippen LogP contribution in [-0.4, -0.2) is 68.9 Å². The number of aromatic nitrogens is 3. The van der Waals surface area contributed by atoms with E-state index in [-0.39, 0.29) is 11.9 Å². The van der Waals surface area contributed by atoms with Gasteiger partial charge in [-0.1, -0.05) is 0 Å². The second-order valence-corrected chi connectivity index (χ2v) is 8.91. The summed E-state index contributed by atoms with van der Waals surface area (Å²) >= 11 is 4.92. The number of nitrogens with zero attached hydrogens (tertiary/aromatic N) is 4. The van der Waals surface area contributed by atoms with Gasteiger partial charge in [0.05, 0.1) is 5.69 Å². The average Bonchev–Trinajstić information content (AvgIpc) is 3.28. The number of aromatic amines is 1. The Balaban J connectivity index is 1.35. The van der Waals surface area contributed by atoms with Gasteiger partial charge in [0, 0.05) is 65.4 Å². The second-order valence-electron chi connectivity index (χ2n) is 7.13. The third-order valence-corrected chi connectivity index (χ3v) is 6.65. The molecule has 2 N–H and O–H groups in total. The van der Waals surface area contributed by atoms with Crippen LogP contribution in [0.4, 0.5) is 5.13 Å². The predicted molar refractivity (Wildman–Crippen MR) is 110 cm³/mol. The van der Waals surface area contributed by atoms with Crippen LogP contribution in [0, 0.1) is 0 Å². The summed E-state index contributed by atoms with van der Waals surface area (Å²) in [4.78, 5) is 29.6. The Kier molecular flexibility index (Phi) is 4.27. The van der Waals surface area contributed by atoms with Crippen LogP contribution in [0.15, 0.2) is 28.3 Å². The van der Waals surface area contributed by atoms with Gasteiger partial charge in [-0.05, 0) is 28.9 Å². The molecular formula is C18H19BrN6OS. The molecule has 0 radical (unpaired) electrons. The molecule has 3 fully saturated rings. The first kappa shape index (κ1) is 17.3. The number of hydrogen-bond acceptors (Lipinski definition) is 6. The molecule has 4 atom stereocenters. The van der Waals surface area contributed by atoms with Crippen LogP contribution in [0.25, 0.3) is 22.3 Å². The molecule has 7 nitrogen and oxygen atoms in total. The second kappa shape index (κ2) is 6.66. The lowest BCUT2D eigenvalue weighted by Gasteiger charge is -2.50. The lowest BCUT2D eigenvalue weighted by Crippen LogP contribution is -2.67. The predicted octanol–water partition coefficient (Wildman–Crippen LogP) is 2.78. The fourth-order valence-electron chi connectivity index (χ4n) is 4.00. The monoisotopic (exact) mass is 446 g/mol. The number of hydrogen-bond donors (Lipinski definition) is 2. The number of fused-ring (bicyclic) bond motifs is 4. The van der Waals surface area contributed by atoms with Gasteiger partial charge in [-0.2, -0.15) is 0 Å². The normalized spacial score (nSPS) is 27.2. The molecule has 6 heterocycles. The number of thiazole rings is 1. The minimum Gasteiger partial charge on any atom is -0.345 e. The van der Waals surface area contributed by atoms with Crippen LogP contribution in [0.2, 0.25) is 0 Å². The van der Waals surface area contributed by atoms with Gasteiger partial charge in [0.1, 0.15) is 11.7 Å². The Morgan fingerprint density at radius 3 is 3.00 bits per heavy atom. The van der Waals surface area contributed by atoms with Gasteiger partial charge in [-0.15, -0.1) is 11.3 Å². The van der Waals surface area contributed by atoms with E-state index in [1.165, 1.54) is 11.3 Å². The van der Waals surface area contributed by atoms with Crippen LogP contribution in [0.3, 0.4) is 0 Å². The van der Waals surface area contributed by atoms with Crippen LogP contribution in [0.1, 0.15) is 6.92 Å². The summed E-state index contributed by atoms with van der Waals surface area (Å²) < 4.78 is 0.922. The molecule has 27 heavy (non-hydrogen) atoms. The summed E-state index contributed by atoms with van der Waals surface area (Å²) in [7, 11) is 0. The number of nitrogens with one attached hydrogen (secondary N) is 2. The van der Waals surface area contributed by atoms with Crippen molar-refractivity contribution in [3.05, 3.63) is 28.3 Å². The van der Waals surface area contributed by atoms with Gasteiger partial charge in [0.2, 0.25) is 5.91 Å². The molecule has 0 saturated carbocycles. The average molecular weight is 447 g/mol. The molecule has 6 rings (SSSR count). The fraction of sp³-hybridized carbons (Fsp3) is 0.389. The molecule has 0 aliphatic carbocycles. The van der Waals surface area contributed by atoms with E-state index < -0.39 is 0 Å². The van der Waals surface area contributed by atoms with Gasteiger partial charge in [0.25, 0.3) is 0 Å².